The van der Waals surface area contributed by atoms with Crippen molar-refractivity contribution in [2.24, 2.45) is 0 Å². The van der Waals surface area contributed by atoms with Gasteiger partial charge in [-0.15, -0.1) is 0 Å². The van der Waals surface area contributed by atoms with Crippen molar-refractivity contribution in [3.63, 3.8) is 0 Å². The maximum Gasteiger partial charge on any atom is 0.221 e. The summed E-state index contributed by atoms with van der Waals surface area (Å²) in [5.41, 5.74) is 1.18. The number of aryl methyl sites for hydroxylation is 1. The average Bonchev–Trinajstić information content (AvgIpc) is 2.43. The molecule has 0 radical (unpaired) electrons. The monoisotopic (exact) mass is 341 g/mol. The highest BCUT2D eigenvalue weighted by Crippen LogP contribution is 2.15. The minimum Gasteiger partial charge on any atom is -0.491 e. The fraction of sp³-hybridized carbons (Fsp3) is 0.588. The number of rotatable bonds is 9. The van der Waals surface area contributed by atoms with Crippen molar-refractivity contribution in [1.82, 2.24) is 5.32 Å². The third-order valence-corrected chi connectivity index (χ3v) is 4.21. The first kappa shape index (κ1) is 19.5. The predicted molar refractivity (Wildman–Crippen MR) is 92.5 cm³/mol. The highest BCUT2D eigenvalue weighted by Gasteiger charge is 2.11. The molecule has 1 amide bonds. The van der Waals surface area contributed by atoms with Crippen LogP contribution in [0.3, 0.4) is 0 Å². The van der Waals surface area contributed by atoms with Gasteiger partial charge < -0.3 is 10.1 Å². The van der Waals surface area contributed by atoms with Crippen LogP contribution in [0.2, 0.25) is 0 Å². The van der Waals surface area contributed by atoms with E-state index in [1.165, 1.54) is 5.56 Å². The summed E-state index contributed by atoms with van der Waals surface area (Å²) in [7, 11) is -3.10. The number of amides is 1. The Bertz CT molecular complexity index is 594. The largest absolute Gasteiger partial charge is 0.491 e. The van der Waals surface area contributed by atoms with Crippen molar-refractivity contribution in [1.29, 1.82) is 0 Å². The van der Waals surface area contributed by atoms with E-state index in [1.54, 1.807) is 0 Å². The number of nitrogens with one attached hydrogen (secondary N) is 1. The second-order valence-electron chi connectivity index (χ2n) is 6.20. The van der Waals surface area contributed by atoms with E-state index in [9.17, 15) is 13.2 Å². The lowest BCUT2D eigenvalue weighted by Crippen LogP contribution is -2.33. The minimum absolute atomic E-state index is 0.00801. The maximum absolute atomic E-state index is 11.7. The highest BCUT2D eigenvalue weighted by molar-refractivity contribution is 7.90. The number of carbonyl (C=O) groups excluding carboxylic acids is 1. The molecule has 1 unspecified atom stereocenters. The normalized spacial score (nSPS) is 12.9. The Morgan fingerprint density at radius 2 is 1.78 bits per heavy atom. The second-order valence-corrected chi connectivity index (χ2v) is 8.46. The molecule has 0 heterocycles. The Hall–Kier alpha value is -1.56. The van der Waals surface area contributed by atoms with Crippen LogP contribution in [0.25, 0.3) is 0 Å². The Balaban J connectivity index is 2.35. The minimum atomic E-state index is -3.10. The van der Waals surface area contributed by atoms with E-state index < -0.39 is 9.84 Å². The van der Waals surface area contributed by atoms with Crippen molar-refractivity contribution >= 4 is 15.7 Å². The molecule has 0 aliphatic carbocycles. The molecular formula is C17H27NO4S. The molecule has 1 aromatic rings. The standard InChI is InChI=1S/C17H27NO4S/c1-13(2)22-16-9-7-15(8-10-16)6-5-14(3)18-17(19)11-12-23(4,20)21/h7-10,13-14H,5-6,11-12H2,1-4H3,(H,18,19). The lowest BCUT2D eigenvalue weighted by Gasteiger charge is -2.14. The first-order chi connectivity index (χ1) is 10.7. The Morgan fingerprint density at radius 3 is 2.30 bits per heavy atom. The summed E-state index contributed by atoms with van der Waals surface area (Å²) < 4.78 is 27.7. The lowest BCUT2D eigenvalue weighted by atomic mass is 10.1. The fourth-order valence-corrected chi connectivity index (χ4v) is 2.64. The van der Waals surface area contributed by atoms with Gasteiger partial charge in [0.05, 0.1) is 11.9 Å². The van der Waals surface area contributed by atoms with Crippen molar-refractivity contribution in [3.8, 4) is 5.75 Å². The number of carbonyl (C=O) groups is 1. The van der Waals surface area contributed by atoms with Crippen LogP contribution in [0.4, 0.5) is 0 Å². The maximum atomic E-state index is 11.7. The molecule has 6 heteroatoms. The van der Waals surface area contributed by atoms with Crippen LogP contribution in [0.5, 0.6) is 5.75 Å². The SMILES string of the molecule is CC(CCc1ccc(OC(C)C)cc1)NC(=O)CCS(C)(=O)=O. The summed E-state index contributed by atoms with van der Waals surface area (Å²) in [5, 5.41) is 2.83. The van der Waals surface area contributed by atoms with Crippen LogP contribution >= 0.6 is 0 Å². The molecule has 0 aromatic heterocycles. The van der Waals surface area contributed by atoms with E-state index in [0.717, 1.165) is 24.8 Å². The summed E-state index contributed by atoms with van der Waals surface area (Å²) in [6.07, 6.45) is 2.95. The second kappa shape index (κ2) is 8.91. The number of hydrogen-bond acceptors (Lipinski definition) is 4. The van der Waals surface area contributed by atoms with E-state index >= 15 is 0 Å². The third kappa shape index (κ3) is 9.23. The zero-order valence-electron chi connectivity index (χ0n) is 14.3. The summed E-state index contributed by atoms with van der Waals surface area (Å²) in [6.45, 7) is 5.90. The van der Waals surface area contributed by atoms with Gasteiger partial charge >= 0.3 is 0 Å². The van der Waals surface area contributed by atoms with Crippen molar-refractivity contribution in [2.45, 2.75) is 52.2 Å². The molecule has 0 bridgehead atoms. The summed E-state index contributed by atoms with van der Waals surface area (Å²) >= 11 is 0. The number of sulfone groups is 1. The van der Waals surface area contributed by atoms with Gasteiger partial charge in [-0.2, -0.15) is 0 Å². The fourth-order valence-electron chi connectivity index (χ4n) is 2.09. The van der Waals surface area contributed by atoms with Gasteiger partial charge in [-0.3, -0.25) is 4.79 Å². The van der Waals surface area contributed by atoms with Gasteiger partial charge in [-0.25, -0.2) is 8.42 Å². The van der Waals surface area contributed by atoms with Gasteiger partial charge in [0.25, 0.3) is 0 Å². The van der Waals surface area contributed by atoms with Gasteiger partial charge in [0.2, 0.25) is 5.91 Å². The Labute approximate surface area is 139 Å². The molecule has 0 saturated heterocycles. The van der Waals surface area contributed by atoms with E-state index in [0.29, 0.717) is 0 Å². The molecule has 1 aromatic carbocycles. The molecule has 1 N–H and O–H groups in total. The van der Waals surface area contributed by atoms with Crippen molar-refractivity contribution < 1.29 is 17.9 Å². The van der Waals surface area contributed by atoms with Crippen molar-refractivity contribution in [2.75, 3.05) is 12.0 Å². The molecule has 0 aliphatic rings. The first-order valence-electron chi connectivity index (χ1n) is 7.88. The molecule has 1 atom stereocenters. The molecule has 0 fully saturated rings. The third-order valence-electron chi connectivity index (χ3n) is 3.27. The molecule has 130 valence electrons. The smallest absolute Gasteiger partial charge is 0.221 e. The highest BCUT2D eigenvalue weighted by atomic mass is 32.2. The van der Waals surface area contributed by atoms with Gasteiger partial charge in [-0.05, 0) is 51.3 Å². The van der Waals surface area contributed by atoms with Crippen LogP contribution in [-0.2, 0) is 21.1 Å². The molecule has 23 heavy (non-hydrogen) atoms. The zero-order chi connectivity index (χ0) is 17.5. The van der Waals surface area contributed by atoms with Gasteiger partial charge in [0.1, 0.15) is 15.6 Å². The zero-order valence-corrected chi connectivity index (χ0v) is 15.2. The number of benzene rings is 1. The molecule has 0 aliphatic heterocycles. The van der Waals surface area contributed by atoms with Gasteiger partial charge in [0.15, 0.2) is 0 Å². The van der Waals surface area contributed by atoms with E-state index in [2.05, 4.69) is 5.32 Å². The lowest BCUT2D eigenvalue weighted by molar-refractivity contribution is -0.121. The van der Waals surface area contributed by atoms with Crippen LogP contribution in [-0.4, -0.2) is 38.5 Å². The van der Waals surface area contributed by atoms with Crippen LogP contribution < -0.4 is 10.1 Å². The van der Waals surface area contributed by atoms with Crippen LogP contribution in [0.1, 0.15) is 39.2 Å². The van der Waals surface area contributed by atoms with Gasteiger partial charge in [-0.1, -0.05) is 12.1 Å². The van der Waals surface area contributed by atoms with Gasteiger partial charge in [0, 0.05) is 18.7 Å². The molecular weight excluding hydrogens is 314 g/mol. The Morgan fingerprint density at radius 1 is 1.17 bits per heavy atom. The summed E-state index contributed by atoms with van der Waals surface area (Å²) in [4.78, 5) is 11.7. The molecule has 1 rings (SSSR count). The predicted octanol–water partition coefficient (Wildman–Crippen LogP) is 2.35. The number of hydrogen-bond donors (Lipinski definition) is 1. The molecule has 0 saturated carbocycles. The van der Waals surface area contributed by atoms with Crippen molar-refractivity contribution in [3.05, 3.63) is 29.8 Å². The first-order valence-corrected chi connectivity index (χ1v) is 9.94. The quantitative estimate of drug-likeness (QED) is 0.748. The Kier molecular flexibility index (Phi) is 7.55. The molecule has 5 nitrogen and oxygen atoms in total. The molecule has 0 spiro atoms. The van der Waals surface area contributed by atoms with Crippen LogP contribution in [0.15, 0.2) is 24.3 Å². The van der Waals surface area contributed by atoms with E-state index in [-0.39, 0.29) is 30.2 Å². The summed E-state index contributed by atoms with van der Waals surface area (Å²) in [6, 6.07) is 7.95. The van der Waals surface area contributed by atoms with E-state index in [4.69, 9.17) is 4.74 Å². The number of ether oxygens (including phenoxy) is 1. The average molecular weight is 341 g/mol. The topological polar surface area (TPSA) is 72.5 Å². The van der Waals surface area contributed by atoms with Crippen LogP contribution in [0, 0.1) is 0 Å². The summed E-state index contributed by atoms with van der Waals surface area (Å²) in [5.74, 6) is 0.526. The van der Waals surface area contributed by atoms with E-state index in [1.807, 2.05) is 45.0 Å².